The van der Waals surface area contributed by atoms with Crippen molar-refractivity contribution < 1.29 is 20.1 Å². The van der Waals surface area contributed by atoms with Crippen molar-refractivity contribution in [2.24, 2.45) is 0 Å². The number of hydrogen-bond acceptors (Lipinski definition) is 7. The molecule has 0 bridgehead atoms. The SMILES string of the molecule is C[C@@]1(O)[C@@H](C(O)c2ccc3c(c2)CC3)O[C@@H](n2ccc3c(N)ncnc32)[C@@H]1O. The average molecular weight is 382 g/mol. The summed E-state index contributed by atoms with van der Waals surface area (Å²) in [6.07, 6.45) is 0.763. The second-order valence-corrected chi connectivity index (χ2v) is 7.81. The van der Waals surface area contributed by atoms with Gasteiger partial charge in [-0.3, -0.25) is 0 Å². The number of aliphatic hydroxyl groups is 3. The van der Waals surface area contributed by atoms with Crippen LogP contribution >= 0.6 is 0 Å². The summed E-state index contributed by atoms with van der Waals surface area (Å²) in [6, 6.07) is 7.52. The Balaban J connectivity index is 1.50. The number of ether oxygens (including phenoxy) is 1. The molecule has 1 aromatic carbocycles. The first-order valence-corrected chi connectivity index (χ1v) is 9.30. The third-order valence-electron chi connectivity index (χ3n) is 6.07. The van der Waals surface area contributed by atoms with Crippen LogP contribution in [0.15, 0.2) is 36.8 Å². The molecule has 1 unspecified atom stereocenters. The summed E-state index contributed by atoms with van der Waals surface area (Å²) in [6.45, 7) is 1.47. The number of aliphatic hydroxyl groups excluding tert-OH is 2. The molecule has 3 heterocycles. The van der Waals surface area contributed by atoms with Crippen LogP contribution < -0.4 is 5.73 Å². The lowest BCUT2D eigenvalue weighted by Gasteiger charge is -2.30. The molecular weight excluding hydrogens is 360 g/mol. The summed E-state index contributed by atoms with van der Waals surface area (Å²) in [4.78, 5) is 8.18. The first-order chi connectivity index (χ1) is 13.4. The molecule has 1 fully saturated rings. The van der Waals surface area contributed by atoms with Crippen LogP contribution in [0.3, 0.4) is 0 Å². The Morgan fingerprint density at radius 3 is 2.75 bits per heavy atom. The van der Waals surface area contributed by atoms with Gasteiger partial charge in [0.2, 0.25) is 0 Å². The second kappa shape index (κ2) is 5.99. The number of fused-ring (bicyclic) bond motifs is 2. The van der Waals surface area contributed by atoms with Crippen LogP contribution in [0.1, 0.15) is 35.9 Å². The van der Waals surface area contributed by atoms with Crippen LogP contribution in [0.25, 0.3) is 11.0 Å². The van der Waals surface area contributed by atoms with Crippen molar-refractivity contribution in [3.63, 3.8) is 0 Å². The summed E-state index contributed by atoms with van der Waals surface area (Å²) in [5.74, 6) is 0.321. The zero-order chi connectivity index (χ0) is 19.6. The van der Waals surface area contributed by atoms with Crippen molar-refractivity contribution in [3.05, 3.63) is 53.5 Å². The fraction of sp³-hybridized carbons (Fsp3) is 0.400. The molecule has 146 valence electrons. The zero-order valence-electron chi connectivity index (χ0n) is 15.4. The van der Waals surface area contributed by atoms with E-state index in [1.807, 2.05) is 18.2 Å². The van der Waals surface area contributed by atoms with Gasteiger partial charge in [0.05, 0.1) is 5.39 Å². The van der Waals surface area contributed by atoms with Crippen molar-refractivity contribution in [2.45, 2.75) is 49.9 Å². The van der Waals surface area contributed by atoms with Gasteiger partial charge in [0, 0.05) is 6.20 Å². The number of aryl methyl sites for hydroxylation is 2. The van der Waals surface area contributed by atoms with Gasteiger partial charge in [-0.15, -0.1) is 0 Å². The molecule has 0 amide bonds. The van der Waals surface area contributed by atoms with Crippen molar-refractivity contribution in [1.29, 1.82) is 0 Å². The number of anilines is 1. The van der Waals surface area contributed by atoms with Crippen molar-refractivity contribution in [3.8, 4) is 0 Å². The van der Waals surface area contributed by atoms with Gasteiger partial charge < -0.3 is 30.4 Å². The first kappa shape index (κ1) is 17.6. The Hall–Kier alpha value is -2.52. The predicted molar refractivity (Wildman–Crippen MR) is 101 cm³/mol. The minimum atomic E-state index is -1.66. The van der Waals surface area contributed by atoms with Gasteiger partial charge in [-0.2, -0.15) is 0 Å². The van der Waals surface area contributed by atoms with E-state index in [9.17, 15) is 15.3 Å². The topological polar surface area (TPSA) is 127 Å². The largest absolute Gasteiger partial charge is 0.386 e. The fourth-order valence-corrected chi connectivity index (χ4v) is 4.20. The van der Waals surface area contributed by atoms with Crippen molar-refractivity contribution in [1.82, 2.24) is 14.5 Å². The molecular formula is C20H22N4O4. The number of nitrogens with two attached hydrogens (primary N) is 1. The van der Waals surface area contributed by atoms with Gasteiger partial charge in [0.1, 0.15) is 41.7 Å². The molecule has 2 aliphatic rings. The Morgan fingerprint density at radius 2 is 2.04 bits per heavy atom. The number of nitrogens with zero attached hydrogens (tertiary/aromatic N) is 3. The number of hydrogen-bond donors (Lipinski definition) is 4. The maximum atomic E-state index is 11.0. The summed E-state index contributed by atoms with van der Waals surface area (Å²) < 4.78 is 7.61. The van der Waals surface area contributed by atoms with E-state index in [0.29, 0.717) is 22.4 Å². The van der Waals surface area contributed by atoms with Crippen LogP contribution in [0.5, 0.6) is 0 Å². The lowest BCUT2D eigenvalue weighted by atomic mass is 9.83. The fourth-order valence-electron chi connectivity index (χ4n) is 4.20. The standard InChI is InChI=1S/C20H22N4O4/c1-20(27)15(26)19(24-7-6-13-17(21)22-9-23-18(13)24)28-16(20)14(25)12-5-3-10-2-4-11(10)8-12/h3,5-9,14-16,19,25-27H,2,4H2,1H3,(H2,21,22,23)/t14?,15-,16+,19+,20-/m0/s1. The smallest absolute Gasteiger partial charge is 0.164 e. The summed E-state index contributed by atoms with van der Waals surface area (Å²) in [7, 11) is 0. The molecule has 0 radical (unpaired) electrons. The van der Waals surface area contributed by atoms with Crippen LogP contribution in [-0.2, 0) is 17.6 Å². The van der Waals surface area contributed by atoms with Gasteiger partial charge in [0.25, 0.3) is 0 Å². The Kier molecular flexibility index (Phi) is 3.76. The number of nitrogen functional groups attached to an aromatic ring is 1. The molecule has 0 saturated carbocycles. The maximum Gasteiger partial charge on any atom is 0.164 e. The van der Waals surface area contributed by atoms with E-state index < -0.39 is 30.1 Å². The first-order valence-electron chi connectivity index (χ1n) is 9.30. The van der Waals surface area contributed by atoms with Crippen molar-refractivity contribution >= 4 is 16.9 Å². The Bertz CT molecular complexity index is 1060. The van der Waals surface area contributed by atoms with Crippen LogP contribution in [0, 0.1) is 0 Å². The molecule has 2 aromatic heterocycles. The molecule has 8 heteroatoms. The third kappa shape index (κ3) is 2.39. The summed E-state index contributed by atoms with van der Waals surface area (Å²) in [5, 5.41) is 33.4. The van der Waals surface area contributed by atoms with Gasteiger partial charge in [-0.25, -0.2) is 9.97 Å². The van der Waals surface area contributed by atoms with E-state index in [0.717, 1.165) is 12.8 Å². The lowest BCUT2D eigenvalue weighted by molar-refractivity contribution is -0.115. The van der Waals surface area contributed by atoms with E-state index >= 15 is 0 Å². The number of rotatable bonds is 3. The van der Waals surface area contributed by atoms with E-state index in [1.54, 1.807) is 16.8 Å². The Morgan fingerprint density at radius 1 is 1.25 bits per heavy atom. The van der Waals surface area contributed by atoms with Gasteiger partial charge >= 0.3 is 0 Å². The molecule has 0 spiro atoms. The van der Waals surface area contributed by atoms with E-state index in [4.69, 9.17) is 10.5 Å². The molecule has 28 heavy (non-hydrogen) atoms. The molecule has 1 saturated heterocycles. The highest BCUT2D eigenvalue weighted by molar-refractivity contribution is 5.86. The molecule has 5 atom stereocenters. The van der Waals surface area contributed by atoms with Crippen LogP contribution in [0.2, 0.25) is 0 Å². The highest BCUT2D eigenvalue weighted by Gasteiger charge is 2.55. The van der Waals surface area contributed by atoms with Crippen molar-refractivity contribution in [2.75, 3.05) is 5.73 Å². The maximum absolute atomic E-state index is 11.0. The Labute approximate surface area is 161 Å². The molecule has 5 rings (SSSR count). The molecule has 1 aliphatic heterocycles. The van der Waals surface area contributed by atoms with Crippen LogP contribution in [0.4, 0.5) is 5.82 Å². The average Bonchev–Trinajstić information content (AvgIpc) is 3.16. The highest BCUT2D eigenvalue weighted by Crippen LogP contribution is 2.44. The zero-order valence-corrected chi connectivity index (χ0v) is 15.4. The van der Waals surface area contributed by atoms with Gasteiger partial charge in [-0.1, -0.05) is 18.2 Å². The monoisotopic (exact) mass is 382 g/mol. The highest BCUT2D eigenvalue weighted by atomic mass is 16.6. The minimum absolute atomic E-state index is 0.321. The lowest BCUT2D eigenvalue weighted by Crippen LogP contribution is -2.47. The quantitative estimate of drug-likeness (QED) is 0.529. The normalized spacial score (nSPS) is 30.2. The summed E-state index contributed by atoms with van der Waals surface area (Å²) >= 11 is 0. The number of aromatic nitrogens is 3. The molecule has 3 aromatic rings. The molecule has 8 nitrogen and oxygen atoms in total. The van der Waals surface area contributed by atoms with Crippen LogP contribution in [-0.4, -0.2) is 47.7 Å². The van der Waals surface area contributed by atoms with Gasteiger partial charge in [0.15, 0.2) is 6.23 Å². The number of benzene rings is 1. The third-order valence-corrected chi connectivity index (χ3v) is 6.07. The second-order valence-electron chi connectivity index (χ2n) is 7.81. The van der Waals surface area contributed by atoms with E-state index in [2.05, 4.69) is 9.97 Å². The summed E-state index contributed by atoms with van der Waals surface area (Å²) in [5.41, 5.74) is 7.86. The molecule has 5 N–H and O–H groups in total. The molecule has 1 aliphatic carbocycles. The van der Waals surface area contributed by atoms with Gasteiger partial charge in [-0.05, 0) is 42.5 Å². The predicted octanol–water partition coefficient (Wildman–Crippen LogP) is 0.855. The van der Waals surface area contributed by atoms with E-state index in [1.165, 1.54) is 24.4 Å². The minimum Gasteiger partial charge on any atom is -0.386 e. The van der Waals surface area contributed by atoms with E-state index in [-0.39, 0.29) is 0 Å².